The molecule has 0 aliphatic heterocycles. The Hall–Kier alpha value is -1.10. The molecule has 0 aliphatic rings. The number of nitrogens with zero attached hydrogens (tertiary/aromatic N) is 1. The smallest absolute Gasteiger partial charge is 0.305 e. The third-order valence-corrected chi connectivity index (χ3v) is 13.4. The Morgan fingerprint density at radius 2 is 0.583 bits per heavy atom. The third kappa shape index (κ3) is 43.5. The minimum absolute atomic E-state index is 0.0191. The summed E-state index contributed by atoms with van der Waals surface area (Å²) >= 11 is 0. The quantitative estimate of drug-likeness (QED) is 0.0451. The Morgan fingerprint density at radius 3 is 0.883 bits per heavy atom. The molecule has 0 rings (SSSR count). The van der Waals surface area contributed by atoms with E-state index >= 15 is 0 Å². The van der Waals surface area contributed by atoms with Crippen LogP contribution in [0.4, 0.5) is 0 Å². The van der Waals surface area contributed by atoms with Crippen LogP contribution in [0.25, 0.3) is 0 Å². The number of carbonyl (C=O) groups is 2. The molecule has 358 valence electrons. The molecule has 0 aromatic carbocycles. The first-order valence-corrected chi connectivity index (χ1v) is 27.3. The highest BCUT2D eigenvalue weighted by Crippen LogP contribution is 2.26. The molecule has 0 N–H and O–H groups in total. The van der Waals surface area contributed by atoms with Crippen LogP contribution in [0.15, 0.2) is 0 Å². The maximum absolute atomic E-state index is 12.4. The van der Waals surface area contributed by atoms with Crippen molar-refractivity contribution in [2.75, 3.05) is 33.9 Å². The van der Waals surface area contributed by atoms with Gasteiger partial charge < -0.3 is 14.4 Å². The van der Waals surface area contributed by atoms with Crippen molar-refractivity contribution >= 4 is 11.9 Å². The van der Waals surface area contributed by atoms with Gasteiger partial charge in [-0.05, 0) is 83.3 Å². The van der Waals surface area contributed by atoms with Gasteiger partial charge in [-0.3, -0.25) is 9.59 Å². The molecule has 0 saturated heterocycles. The monoisotopic (exact) mass is 848 g/mol. The van der Waals surface area contributed by atoms with E-state index in [1.54, 1.807) is 0 Å². The molecule has 0 heterocycles. The highest BCUT2D eigenvalue weighted by molar-refractivity contribution is 5.69. The second kappa shape index (κ2) is 47.4. The molecule has 5 nitrogen and oxygen atoms in total. The van der Waals surface area contributed by atoms with Gasteiger partial charge in [0.1, 0.15) is 0 Å². The lowest BCUT2D eigenvalue weighted by molar-refractivity contribution is -0.144. The molecule has 60 heavy (non-hydrogen) atoms. The molecule has 0 aromatic heterocycles. The lowest BCUT2D eigenvalue weighted by Gasteiger charge is -2.18. The normalized spacial score (nSPS) is 11.8. The van der Waals surface area contributed by atoms with Crippen molar-refractivity contribution in [3.8, 4) is 0 Å². The van der Waals surface area contributed by atoms with Crippen molar-refractivity contribution < 1.29 is 19.1 Å². The van der Waals surface area contributed by atoms with Crippen molar-refractivity contribution in [2.24, 2.45) is 17.8 Å². The fourth-order valence-corrected chi connectivity index (χ4v) is 9.32. The Morgan fingerprint density at radius 1 is 0.333 bits per heavy atom. The molecule has 0 amide bonds. The molecule has 0 aromatic rings. The maximum atomic E-state index is 12.4. The van der Waals surface area contributed by atoms with Crippen molar-refractivity contribution in [3.05, 3.63) is 0 Å². The van der Waals surface area contributed by atoms with Crippen molar-refractivity contribution in [1.29, 1.82) is 0 Å². The fourth-order valence-electron chi connectivity index (χ4n) is 9.32. The van der Waals surface area contributed by atoms with Gasteiger partial charge in [0.2, 0.25) is 0 Å². The van der Waals surface area contributed by atoms with Gasteiger partial charge in [-0.2, -0.15) is 0 Å². The van der Waals surface area contributed by atoms with Crippen LogP contribution in [0.2, 0.25) is 0 Å². The second-order valence-corrected chi connectivity index (χ2v) is 19.6. The average molecular weight is 848 g/mol. The first-order chi connectivity index (χ1) is 29.4. The van der Waals surface area contributed by atoms with Crippen LogP contribution >= 0.6 is 0 Å². The summed E-state index contributed by atoms with van der Waals surface area (Å²) in [7, 11) is 4.36. The number of carbonyl (C=O) groups excluding carboxylic acids is 2. The molecule has 0 atom stereocenters. The average Bonchev–Trinajstić information content (AvgIpc) is 3.24. The largest absolute Gasteiger partial charge is 0.466 e. The van der Waals surface area contributed by atoms with Crippen LogP contribution in [0.1, 0.15) is 291 Å². The van der Waals surface area contributed by atoms with Gasteiger partial charge in [0.25, 0.3) is 0 Å². The van der Waals surface area contributed by atoms with E-state index in [-0.39, 0.29) is 11.9 Å². The Labute approximate surface area is 377 Å². The lowest BCUT2D eigenvalue weighted by atomic mass is 9.90. The van der Waals surface area contributed by atoms with Crippen LogP contribution in [0.5, 0.6) is 0 Å². The summed E-state index contributed by atoms with van der Waals surface area (Å²) < 4.78 is 11.3. The van der Waals surface area contributed by atoms with Gasteiger partial charge >= 0.3 is 11.9 Å². The third-order valence-electron chi connectivity index (χ3n) is 13.4. The number of ether oxygens (including phenoxy) is 2. The van der Waals surface area contributed by atoms with E-state index in [2.05, 4.69) is 46.7 Å². The molecule has 5 heteroatoms. The van der Waals surface area contributed by atoms with E-state index in [4.69, 9.17) is 9.47 Å². The van der Waals surface area contributed by atoms with Crippen molar-refractivity contribution in [2.45, 2.75) is 291 Å². The summed E-state index contributed by atoms with van der Waals surface area (Å²) in [6, 6.07) is 0. The number of hydrogen-bond acceptors (Lipinski definition) is 5. The number of esters is 2. The summed E-state index contributed by atoms with van der Waals surface area (Å²) in [5.74, 6) is 2.51. The SMILES string of the molecule is CCCCCCC(CCCCCC)CCCOC(=O)CCCCCCCC(CCCCCCCC(=O)OCCCC(CCCCCC)CCCCCC)CCCCN(C)C. The summed E-state index contributed by atoms with van der Waals surface area (Å²) in [6.45, 7) is 11.6. The zero-order chi connectivity index (χ0) is 44.0. The number of rotatable bonds is 49. The topological polar surface area (TPSA) is 55.8 Å². The summed E-state index contributed by atoms with van der Waals surface area (Å²) in [5.41, 5.74) is 0. The minimum atomic E-state index is 0.0191. The van der Waals surface area contributed by atoms with Gasteiger partial charge in [-0.1, -0.05) is 233 Å². The van der Waals surface area contributed by atoms with E-state index < -0.39 is 0 Å². The van der Waals surface area contributed by atoms with Gasteiger partial charge in [0, 0.05) is 12.8 Å². The predicted octanol–water partition coefficient (Wildman–Crippen LogP) is 17.6. The molecule has 0 saturated carbocycles. The predicted molar refractivity (Wildman–Crippen MR) is 263 cm³/mol. The van der Waals surface area contributed by atoms with Gasteiger partial charge in [0.05, 0.1) is 13.2 Å². The fraction of sp³-hybridized carbons (Fsp3) is 0.964. The lowest BCUT2D eigenvalue weighted by Crippen LogP contribution is -2.13. The minimum Gasteiger partial charge on any atom is -0.466 e. The van der Waals surface area contributed by atoms with E-state index in [0.29, 0.717) is 26.1 Å². The Balaban J connectivity index is 4.19. The highest BCUT2D eigenvalue weighted by atomic mass is 16.5. The van der Waals surface area contributed by atoms with E-state index in [0.717, 1.165) is 56.3 Å². The van der Waals surface area contributed by atoms with Crippen LogP contribution in [0, 0.1) is 17.8 Å². The molecule has 0 fully saturated rings. The van der Waals surface area contributed by atoms with E-state index in [9.17, 15) is 9.59 Å². The standard InChI is InChI=1S/C55H109NO4/c1-7-11-15-25-37-52(38-26-16-12-8-2)44-35-49-59-54(57)46-31-23-19-21-29-41-51(43-33-34-48-56(5)6)42-30-22-20-24-32-47-55(58)60-50-36-45-53(39-27-17-13-9-3)40-28-18-14-10-4/h51-53H,7-50H2,1-6H3. The van der Waals surface area contributed by atoms with Gasteiger partial charge in [-0.15, -0.1) is 0 Å². The first-order valence-electron chi connectivity index (χ1n) is 27.3. The van der Waals surface area contributed by atoms with Crippen LogP contribution in [0.3, 0.4) is 0 Å². The molecule has 0 unspecified atom stereocenters. The molecule has 0 bridgehead atoms. The van der Waals surface area contributed by atoms with Crippen LogP contribution in [-0.4, -0.2) is 50.7 Å². The zero-order valence-electron chi connectivity index (χ0n) is 41.9. The Bertz CT molecular complexity index is 791. The Kier molecular flexibility index (Phi) is 46.5. The summed E-state index contributed by atoms with van der Waals surface area (Å²) in [6.07, 6.45) is 51.4. The first kappa shape index (κ1) is 58.9. The second-order valence-electron chi connectivity index (χ2n) is 19.6. The van der Waals surface area contributed by atoms with Gasteiger partial charge in [0.15, 0.2) is 0 Å². The van der Waals surface area contributed by atoms with Gasteiger partial charge in [-0.25, -0.2) is 0 Å². The molecule has 0 radical (unpaired) electrons. The van der Waals surface area contributed by atoms with Crippen molar-refractivity contribution in [1.82, 2.24) is 4.90 Å². The van der Waals surface area contributed by atoms with Crippen molar-refractivity contribution in [3.63, 3.8) is 0 Å². The van der Waals surface area contributed by atoms with Crippen LogP contribution in [-0.2, 0) is 19.1 Å². The molecule has 0 aliphatic carbocycles. The number of hydrogen-bond donors (Lipinski definition) is 0. The highest BCUT2D eigenvalue weighted by Gasteiger charge is 2.13. The number of unbranched alkanes of at least 4 members (excludes halogenated alkanes) is 21. The molecular formula is C55H109NO4. The molecular weight excluding hydrogens is 739 g/mol. The summed E-state index contributed by atoms with van der Waals surface area (Å²) in [4.78, 5) is 27.2. The van der Waals surface area contributed by atoms with E-state index in [1.807, 2.05) is 0 Å². The van der Waals surface area contributed by atoms with E-state index in [1.165, 1.54) is 218 Å². The maximum Gasteiger partial charge on any atom is 0.305 e. The molecule has 0 spiro atoms. The zero-order valence-corrected chi connectivity index (χ0v) is 41.9. The summed E-state index contributed by atoms with van der Waals surface area (Å²) in [5, 5.41) is 0. The van der Waals surface area contributed by atoms with Crippen LogP contribution < -0.4 is 0 Å².